The normalized spacial score (nSPS) is 33.2. The summed E-state index contributed by atoms with van der Waals surface area (Å²) in [4.78, 5) is 15.5. The highest BCUT2D eigenvalue weighted by molar-refractivity contribution is 5.35. The van der Waals surface area contributed by atoms with E-state index in [9.17, 15) is 9.18 Å². The van der Waals surface area contributed by atoms with Crippen molar-refractivity contribution in [2.45, 2.75) is 39.1 Å². The highest BCUT2D eigenvalue weighted by atomic mass is 19.1. The lowest BCUT2D eigenvalue weighted by Gasteiger charge is -2.36. The minimum atomic E-state index is -1.24. The molecule has 2 heterocycles. The Morgan fingerprint density at radius 1 is 1.72 bits per heavy atom. The molecular formula is C12H18FN3O2. The van der Waals surface area contributed by atoms with Gasteiger partial charge in [-0.2, -0.15) is 4.98 Å². The van der Waals surface area contributed by atoms with E-state index in [1.54, 1.807) is 13.8 Å². The van der Waals surface area contributed by atoms with Crippen molar-refractivity contribution < 1.29 is 10.5 Å². The number of hydrogen-bond acceptors (Lipinski definition) is 4. The third-order valence-corrected chi connectivity index (χ3v) is 3.47. The maximum absolute atomic E-state index is 14.4. The van der Waals surface area contributed by atoms with Gasteiger partial charge in [0.25, 0.3) is 0 Å². The fourth-order valence-electron chi connectivity index (χ4n) is 2.07. The van der Waals surface area contributed by atoms with Gasteiger partial charge in [0.1, 0.15) is 12.0 Å². The second-order valence-corrected chi connectivity index (χ2v) is 4.74. The molecule has 2 rings (SSSR count). The van der Waals surface area contributed by atoms with Crippen LogP contribution in [0.5, 0.6) is 0 Å². The number of nitrogens with zero attached hydrogens (tertiary/aromatic N) is 2. The molecule has 4 atom stereocenters. The molecule has 1 aliphatic heterocycles. The van der Waals surface area contributed by atoms with Gasteiger partial charge in [0, 0.05) is 19.0 Å². The van der Waals surface area contributed by atoms with E-state index < -0.39 is 29.9 Å². The predicted octanol–water partition coefficient (Wildman–Crippen LogP) is 1.07. The van der Waals surface area contributed by atoms with Crippen LogP contribution >= 0.6 is 0 Å². The van der Waals surface area contributed by atoms with E-state index in [4.69, 9.17) is 11.8 Å². The van der Waals surface area contributed by atoms with Crippen molar-refractivity contribution >= 4 is 5.82 Å². The Morgan fingerprint density at radius 2 is 2.44 bits per heavy atom. The fraction of sp³-hybridized carbons (Fsp3) is 0.667. The number of hydrogen-bond donors (Lipinski definition) is 1. The molecule has 0 aromatic carbocycles. The molecule has 0 spiro atoms. The highest BCUT2D eigenvalue weighted by Crippen LogP contribution is 2.30. The average molecular weight is 256 g/mol. The number of ether oxygens (including phenoxy) is 1. The number of nitrogens with two attached hydrogens (primary N) is 1. The lowest BCUT2D eigenvalue weighted by atomic mass is 9.92. The van der Waals surface area contributed by atoms with E-state index in [0.29, 0.717) is 5.56 Å². The van der Waals surface area contributed by atoms with Gasteiger partial charge in [0.2, 0.25) is 0 Å². The van der Waals surface area contributed by atoms with E-state index in [1.807, 2.05) is 0 Å². The third kappa shape index (κ3) is 2.12. The van der Waals surface area contributed by atoms with E-state index >= 15 is 0 Å². The minimum absolute atomic E-state index is 0.0161. The molecule has 0 saturated carbocycles. The number of aromatic nitrogens is 2. The Bertz CT molecular complexity index is 522. The van der Waals surface area contributed by atoms with Gasteiger partial charge in [-0.05, 0) is 13.8 Å². The van der Waals surface area contributed by atoms with Crippen LogP contribution in [-0.2, 0) is 4.74 Å². The zero-order chi connectivity index (χ0) is 14.2. The molecule has 1 aromatic rings. The van der Waals surface area contributed by atoms with Crippen LogP contribution in [0.15, 0.2) is 11.0 Å². The molecule has 1 aromatic heterocycles. The number of rotatable bonds is 1. The molecule has 18 heavy (non-hydrogen) atoms. The summed E-state index contributed by atoms with van der Waals surface area (Å²) in [5, 5.41) is 0. The molecule has 1 aliphatic rings. The van der Waals surface area contributed by atoms with Crippen LogP contribution in [0, 0.1) is 12.8 Å². The molecule has 100 valence electrons. The average Bonchev–Trinajstić information content (AvgIpc) is 2.37. The molecule has 0 bridgehead atoms. The van der Waals surface area contributed by atoms with Crippen LogP contribution in [0.4, 0.5) is 10.2 Å². The molecule has 5 nitrogen and oxygen atoms in total. The zero-order valence-corrected chi connectivity index (χ0v) is 10.5. The van der Waals surface area contributed by atoms with Crippen molar-refractivity contribution in [2.24, 2.45) is 5.92 Å². The van der Waals surface area contributed by atoms with Gasteiger partial charge in [-0.25, -0.2) is 9.18 Å². The lowest BCUT2D eigenvalue weighted by molar-refractivity contribution is -0.0817. The van der Waals surface area contributed by atoms with Gasteiger partial charge in [-0.3, -0.25) is 4.57 Å². The van der Waals surface area contributed by atoms with Gasteiger partial charge >= 0.3 is 5.69 Å². The van der Waals surface area contributed by atoms with Crippen molar-refractivity contribution in [1.82, 2.24) is 9.55 Å². The standard InChI is InChI=1S/C12H18FN3O2/c1-6-4-16(12(17)15-11(6)14)9-5-18-8(3)7(2)10(9)13/h4,7-10H,5H2,1-3H3,(H2,14,15,17)/i3D. The van der Waals surface area contributed by atoms with Crippen molar-refractivity contribution in [2.75, 3.05) is 12.3 Å². The Kier molecular flexibility index (Phi) is 3.03. The van der Waals surface area contributed by atoms with Gasteiger partial charge in [-0.15, -0.1) is 0 Å². The molecule has 1 fully saturated rings. The molecule has 2 N–H and O–H groups in total. The van der Waals surface area contributed by atoms with Crippen molar-refractivity contribution in [3.63, 3.8) is 0 Å². The van der Waals surface area contributed by atoms with E-state index in [2.05, 4.69) is 4.98 Å². The first kappa shape index (κ1) is 11.6. The lowest BCUT2D eigenvalue weighted by Crippen LogP contribution is -2.45. The molecule has 4 unspecified atom stereocenters. The van der Waals surface area contributed by atoms with Crippen LogP contribution in [-0.4, -0.2) is 28.4 Å². The Hall–Kier alpha value is -1.43. The van der Waals surface area contributed by atoms with Crippen LogP contribution < -0.4 is 11.4 Å². The summed E-state index contributed by atoms with van der Waals surface area (Å²) in [6, 6.07) is -0.711. The fourth-order valence-corrected chi connectivity index (χ4v) is 2.07. The van der Waals surface area contributed by atoms with Gasteiger partial charge < -0.3 is 10.5 Å². The minimum Gasteiger partial charge on any atom is -0.383 e. The highest BCUT2D eigenvalue weighted by Gasteiger charge is 2.37. The Balaban J connectivity index is 2.33. The van der Waals surface area contributed by atoms with Crippen molar-refractivity contribution in [3.8, 4) is 0 Å². The summed E-state index contributed by atoms with van der Waals surface area (Å²) < 4.78 is 28.4. The summed E-state index contributed by atoms with van der Waals surface area (Å²) in [6.07, 6.45) is -0.157. The number of aryl methyl sites for hydroxylation is 1. The largest absolute Gasteiger partial charge is 0.383 e. The number of anilines is 1. The first-order valence-corrected chi connectivity index (χ1v) is 5.86. The smallest absolute Gasteiger partial charge is 0.349 e. The maximum atomic E-state index is 14.4. The Labute approximate surface area is 106 Å². The van der Waals surface area contributed by atoms with Crippen LogP contribution in [0.25, 0.3) is 0 Å². The molecule has 0 radical (unpaired) electrons. The topological polar surface area (TPSA) is 70.1 Å². The van der Waals surface area contributed by atoms with Gasteiger partial charge in [0.15, 0.2) is 0 Å². The van der Waals surface area contributed by atoms with Crippen LogP contribution in [0.2, 0.25) is 0 Å². The number of alkyl halides is 1. The summed E-state index contributed by atoms with van der Waals surface area (Å²) in [7, 11) is 0. The van der Waals surface area contributed by atoms with Gasteiger partial charge in [-0.1, -0.05) is 6.92 Å². The zero-order valence-electron chi connectivity index (χ0n) is 11.5. The summed E-state index contributed by atoms with van der Waals surface area (Å²) >= 11 is 0. The van der Waals surface area contributed by atoms with Gasteiger partial charge in [0.05, 0.1) is 18.8 Å². The maximum Gasteiger partial charge on any atom is 0.349 e. The van der Waals surface area contributed by atoms with E-state index in [-0.39, 0.29) is 19.3 Å². The van der Waals surface area contributed by atoms with E-state index in [0.717, 1.165) is 0 Å². The monoisotopic (exact) mass is 256 g/mol. The summed E-state index contributed by atoms with van der Waals surface area (Å²) in [5.41, 5.74) is 5.60. The molecule has 0 amide bonds. The summed E-state index contributed by atoms with van der Waals surface area (Å²) in [5.74, 6) is -0.272. The molecular weight excluding hydrogens is 237 g/mol. The molecule has 1 saturated heterocycles. The van der Waals surface area contributed by atoms with E-state index in [1.165, 1.54) is 10.8 Å². The Morgan fingerprint density at radius 3 is 3.11 bits per heavy atom. The van der Waals surface area contributed by atoms with Crippen LogP contribution in [0.3, 0.4) is 0 Å². The SMILES string of the molecule is [2H]CC1OCC(n2cc(C)c(N)nc2=O)C(F)C1C. The number of nitrogen functional groups attached to an aromatic ring is 1. The molecule has 6 heteroatoms. The number of halogens is 1. The third-order valence-electron chi connectivity index (χ3n) is 3.47. The second kappa shape index (κ2) is 4.68. The quantitative estimate of drug-likeness (QED) is 0.816. The summed E-state index contributed by atoms with van der Waals surface area (Å²) in [6.45, 7) is 3.49. The first-order chi connectivity index (χ1) is 8.95. The first-order valence-electron chi connectivity index (χ1n) is 6.56. The predicted molar refractivity (Wildman–Crippen MR) is 66.2 cm³/mol. The van der Waals surface area contributed by atoms with Crippen molar-refractivity contribution in [1.29, 1.82) is 0 Å². The second-order valence-electron chi connectivity index (χ2n) is 4.74. The van der Waals surface area contributed by atoms with Crippen LogP contribution in [0.1, 0.15) is 26.8 Å². The van der Waals surface area contributed by atoms with Crippen molar-refractivity contribution in [3.05, 3.63) is 22.2 Å². The molecule has 0 aliphatic carbocycles.